The second kappa shape index (κ2) is 8.20. The molecule has 0 aliphatic carbocycles. The van der Waals surface area contributed by atoms with Gasteiger partial charge >= 0.3 is 0 Å². The average Bonchev–Trinajstić information content (AvgIpc) is 2.51. The molecule has 0 aromatic heterocycles. The van der Waals surface area contributed by atoms with Gasteiger partial charge in [0, 0.05) is 5.02 Å². The largest absolute Gasteiger partial charge is 0.493 e. The number of aryl methyl sites for hydroxylation is 1. The van der Waals surface area contributed by atoms with Crippen molar-refractivity contribution in [2.24, 2.45) is 5.73 Å². The molecule has 122 valence electrons. The second-order valence-corrected chi connectivity index (χ2v) is 5.91. The van der Waals surface area contributed by atoms with E-state index in [0.29, 0.717) is 46.6 Å². The van der Waals surface area contributed by atoms with E-state index in [1.54, 1.807) is 30.3 Å². The number of amides is 1. The fourth-order valence-corrected chi connectivity index (χ4v) is 2.44. The van der Waals surface area contributed by atoms with Crippen molar-refractivity contribution in [2.45, 2.75) is 13.3 Å². The summed E-state index contributed by atoms with van der Waals surface area (Å²) in [6, 6.07) is 10.3. The third-order valence-electron chi connectivity index (χ3n) is 3.17. The maximum Gasteiger partial charge on any atom is 0.259 e. The molecule has 0 fully saturated rings. The number of hydrogen-bond donors (Lipinski definition) is 2. The van der Waals surface area contributed by atoms with Crippen LogP contribution in [-0.2, 0) is 0 Å². The molecule has 2 aromatic carbocycles. The van der Waals surface area contributed by atoms with Crippen LogP contribution in [0.5, 0.6) is 5.75 Å². The van der Waals surface area contributed by atoms with E-state index in [1.807, 2.05) is 13.0 Å². The Morgan fingerprint density at radius 3 is 2.70 bits per heavy atom. The van der Waals surface area contributed by atoms with Crippen LogP contribution in [0.3, 0.4) is 0 Å². The van der Waals surface area contributed by atoms with Crippen molar-refractivity contribution in [1.82, 2.24) is 0 Å². The minimum absolute atomic E-state index is 0.332. The summed E-state index contributed by atoms with van der Waals surface area (Å²) in [4.78, 5) is 12.5. The number of anilines is 1. The molecule has 0 bridgehead atoms. The van der Waals surface area contributed by atoms with E-state index in [0.717, 1.165) is 5.56 Å². The van der Waals surface area contributed by atoms with Crippen LogP contribution >= 0.6 is 23.2 Å². The molecule has 0 atom stereocenters. The summed E-state index contributed by atoms with van der Waals surface area (Å²) in [7, 11) is 0. The standard InChI is InChI=1S/C17H18Cl2N2O2/c1-11-3-5-15(14(19)9-11)21-17(22)13-10-12(18)4-6-16(13)23-8-2-7-20/h3-6,9-10H,2,7-8,20H2,1H3,(H,21,22). The minimum Gasteiger partial charge on any atom is -0.493 e. The Morgan fingerprint density at radius 2 is 2.00 bits per heavy atom. The van der Waals surface area contributed by atoms with Crippen molar-refractivity contribution < 1.29 is 9.53 Å². The molecule has 0 saturated carbocycles. The van der Waals surface area contributed by atoms with Crippen LogP contribution in [0.15, 0.2) is 36.4 Å². The molecular formula is C17H18Cl2N2O2. The third-order valence-corrected chi connectivity index (χ3v) is 3.71. The van der Waals surface area contributed by atoms with E-state index in [9.17, 15) is 4.79 Å². The van der Waals surface area contributed by atoms with Crippen LogP contribution in [0, 0.1) is 6.92 Å². The van der Waals surface area contributed by atoms with Crippen molar-refractivity contribution in [1.29, 1.82) is 0 Å². The Labute approximate surface area is 145 Å². The van der Waals surface area contributed by atoms with Crippen LogP contribution in [0.1, 0.15) is 22.3 Å². The maximum atomic E-state index is 12.5. The summed E-state index contributed by atoms with van der Waals surface area (Å²) in [5, 5.41) is 3.71. The summed E-state index contributed by atoms with van der Waals surface area (Å²) in [6.45, 7) is 2.88. The van der Waals surface area contributed by atoms with Crippen LogP contribution in [0.2, 0.25) is 10.0 Å². The van der Waals surface area contributed by atoms with Gasteiger partial charge in [0.1, 0.15) is 5.75 Å². The van der Waals surface area contributed by atoms with Crippen molar-refractivity contribution in [3.05, 3.63) is 57.6 Å². The van der Waals surface area contributed by atoms with Crippen molar-refractivity contribution in [3.63, 3.8) is 0 Å². The number of halogens is 2. The summed E-state index contributed by atoms with van der Waals surface area (Å²) in [5.74, 6) is 0.129. The number of ether oxygens (including phenoxy) is 1. The zero-order valence-corrected chi connectivity index (χ0v) is 14.2. The molecule has 0 aliphatic heterocycles. The third kappa shape index (κ3) is 4.86. The number of benzene rings is 2. The van der Waals surface area contributed by atoms with E-state index in [1.165, 1.54) is 0 Å². The zero-order chi connectivity index (χ0) is 16.8. The Hall–Kier alpha value is -1.75. The smallest absolute Gasteiger partial charge is 0.259 e. The second-order valence-electron chi connectivity index (χ2n) is 5.07. The molecule has 23 heavy (non-hydrogen) atoms. The average molecular weight is 353 g/mol. The van der Waals surface area contributed by atoms with Gasteiger partial charge in [-0.2, -0.15) is 0 Å². The van der Waals surface area contributed by atoms with Gasteiger partial charge in [0.25, 0.3) is 5.91 Å². The maximum absolute atomic E-state index is 12.5. The first-order valence-corrected chi connectivity index (χ1v) is 7.97. The highest BCUT2D eigenvalue weighted by Crippen LogP contribution is 2.27. The fourth-order valence-electron chi connectivity index (χ4n) is 1.98. The van der Waals surface area contributed by atoms with Crippen LogP contribution in [0.25, 0.3) is 0 Å². The molecular weight excluding hydrogens is 335 g/mol. The summed E-state index contributed by atoms with van der Waals surface area (Å²) in [6.07, 6.45) is 0.702. The van der Waals surface area contributed by atoms with Gasteiger partial charge in [-0.1, -0.05) is 29.3 Å². The van der Waals surface area contributed by atoms with Crippen LogP contribution < -0.4 is 15.8 Å². The van der Waals surface area contributed by atoms with Gasteiger partial charge in [0.2, 0.25) is 0 Å². The van der Waals surface area contributed by atoms with Gasteiger partial charge in [-0.15, -0.1) is 0 Å². The molecule has 0 saturated heterocycles. The predicted octanol–water partition coefficient (Wildman–Crippen LogP) is 4.28. The van der Waals surface area contributed by atoms with E-state index in [-0.39, 0.29) is 5.91 Å². The van der Waals surface area contributed by atoms with Crippen LogP contribution in [0.4, 0.5) is 5.69 Å². The lowest BCUT2D eigenvalue weighted by molar-refractivity contribution is 0.102. The predicted molar refractivity (Wildman–Crippen MR) is 94.8 cm³/mol. The fraction of sp³-hybridized carbons (Fsp3) is 0.235. The first-order chi connectivity index (χ1) is 11.0. The SMILES string of the molecule is Cc1ccc(NC(=O)c2cc(Cl)ccc2OCCCN)c(Cl)c1. The first-order valence-electron chi connectivity index (χ1n) is 7.21. The van der Waals surface area contributed by atoms with E-state index in [4.69, 9.17) is 33.7 Å². The number of nitrogens with two attached hydrogens (primary N) is 1. The van der Waals surface area contributed by atoms with Gasteiger partial charge in [0.05, 0.1) is 22.9 Å². The van der Waals surface area contributed by atoms with E-state index >= 15 is 0 Å². The number of hydrogen-bond acceptors (Lipinski definition) is 3. The Morgan fingerprint density at radius 1 is 1.22 bits per heavy atom. The monoisotopic (exact) mass is 352 g/mol. The molecule has 6 heteroatoms. The highest BCUT2D eigenvalue weighted by Gasteiger charge is 2.15. The van der Waals surface area contributed by atoms with Gasteiger partial charge in [-0.05, 0) is 55.8 Å². The summed E-state index contributed by atoms with van der Waals surface area (Å²) >= 11 is 12.1. The lowest BCUT2D eigenvalue weighted by Gasteiger charge is -2.13. The van der Waals surface area contributed by atoms with Crippen molar-refractivity contribution in [3.8, 4) is 5.75 Å². The summed E-state index contributed by atoms with van der Waals surface area (Å²) < 4.78 is 5.61. The summed E-state index contributed by atoms with van der Waals surface area (Å²) in [5.41, 5.74) is 7.36. The number of carbonyl (C=O) groups is 1. The normalized spacial score (nSPS) is 10.4. The van der Waals surface area contributed by atoms with Gasteiger partial charge < -0.3 is 15.8 Å². The van der Waals surface area contributed by atoms with Gasteiger partial charge in [-0.3, -0.25) is 4.79 Å². The van der Waals surface area contributed by atoms with Gasteiger partial charge in [-0.25, -0.2) is 0 Å². The highest BCUT2D eigenvalue weighted by molar-refractivity contribution is 6.34. The molecule has 0 aliphatic rings. The number of carbonyl (C=O) groups excluding carboxylic acids is 1. The topological polar surface area (TPSA) is 64.3 Å². The van der Waals surface area contributed by atoms with Crippen LogP contribution in [-0.4, -0.2) is 19.1 Å². The van der Waals surface area contributed by atoms with Crippen molar-refractivity contribution in [2.75, 3.05) is 18.5 Å². The Balaban J connectivity index is 2.21. The number of nitrogens with one attached hydrogen (secondary N) is 1. The molecule has 2 rings (SSSR count). The molecule has 0 unspecified atom stereocenters. The molecule has 4 nitrogen and oxygen atoms in total. The van der Waals surface area contributed by atoms with E-state index in [2.05, 4.69) is 5.32 Å². The lowest BCUT2D eigenvalue weighted by atomic mass is 10.1. The van der Waals surface area contributed by atoms with Crippen molar-refractivity contribution >= 4 is 34.8 Å². The van der Waals surface area contributed by atoms with Gasteiger partial charge in [0.15, 0.2) is 0 Å². The Bertz CT molecular complexity index is 705. The first kappa shape index (κ1) is 17.6. The lowest BCUT2D eigenvalue weighted by Crippen LogP contribution is -2.15. The molecule has 2 aromatic rings. The number of rotatable bonds is 6. The minimum atomic E-state index is -0.332. The molecule has 1 amide bonds. The molecule has 0 heterocycles. The molecule has 3 N–H and O–H groups in total. The Kier molecular flexibility index (Phi) is 6.28. The van der Waals surface area contributed by atoms with E-state index < -0.39 is 0 Å². The highest BCUT2D eigenvalue weighted by atomic mass is 35.5. The quantitative estimate of drug-likeness (QED) is 0.762. The zero-order valence-electron chi connectivity index (χ0n) is 12.7. The molecule has 0 radical (unpaired) electrons. The molecule has 0 spiro atoms.